The maximum absolute atomic E-state index is 12.3. The van der Waals surface area contributed by atoms with Gasteiger partial charge in [0, 0.05) is 32.9 Å². The molecule has 1 N–H and O–H groups in total. The van der Waals surface area contributed by atoms with Crippen molar-refractivity contribution in [1.29, 1.82) is 0 Å². The molecule has 0 atom stereocenters. The number of furan rings is 1. The number of hydrogen-bond acceptors (Lipinski definition) is 6. The summed E-state index contributed by atoms with van der Waals surface area (Å²) >= 11 is 1.39. The molecule has 154 valence electrons. The highest BCUT2D eigenvalue weighted by molar-refractivity contribution is 7.99. The van der Waals surface area contributed by atoms with Crippen LogP contribution in [0.2, 0.25) is 0 Å². The zero-order valence-electron chi connectivity index (χ0n) is 17.3. The van der Waals surface area contributed by atoms with E-state index in [-0.39, 0.29) is 11.7 Å². The molecule has 0 spiro atoms. The Hall–Kier alpha value is -2.74. The molecule has 0 aliphatic heterocycles. The average Bonchev–Trinajstić information content (AvgIpc) is 3.34. The summed E-state index contributed by atoms with van der Waals surface area (Å²) in [6.07, 6.45) is 1.62. The first kappa shape index (κ1) is 21.0. The summed E-state index contributed by atoms with van der Waals surface area (Å²) in [7, 11) is 4.01. The molecule has 8 heteroatoms. The summed E-state index contributed by atoms with van der Waals surface area (Å²) < 4.78 is 7.49. The van der Waals surface area contributed by atoms with E-state index in [1.54, 1.807) is 6.26 Å². The highest BCUT2D eigenvalue weighted by atomic mass is 32.2. The fraction of sp³-hybridized carbons (Fsp3) is 0.381. The highest BCUT2D eigenvalue weighted by Crippen LogP contribution is 2.25. The summed E-state index contributed by atoms with van der Waals surface area (Å²) in [5.74, 6) is 2.02. The molecule has 0 bridgehead atoms. The monoisotopic (exact) mass is 413 g/mol. The number of benzene rings is 1. The lowest BCUT2D eigenvalue weighted by Crippen LogP contribution is -2.24. The quantitative estimate of drug-likeness (QED) is 0.540. The van der Waals surface area contributed by atoms with Gasteiger partial charge in [-0.15, -0.1) is 10.2 Å². The van der Waals surface area contributed by atoms with Gasteiger partial charge in [-0.2, -0.15) is 0 Å². The van der Waals surface area contributed by atoms with Crippen molar-refractivity contribution in [3.8, 4) is 11.6 Å². The van der Waals surface area contributed by atoms with Gasteiger partial charge in [0.15, 0.2) is 16.7 Å². The van der Waals surface area contributed by atoms with Crippen LogP contribution in [0.1, 0.15) is 19.4 Å². The Morgan fingerprint density at radius 3 is 2.59 bits per heavy atom. The maximum Gasteiger partial charge on any atom is 0.230 e. The number of carbonyl (C=O) groups excluding carboxylic acids is 1. The minimum Gasteiger partial charge on any atom is -0.461 e. The second-order valence-electron chi connectivity index (χ2n) is 7.41. The third-order valence-corrected chi connectivity index (χ3v) is 5.25. The van der Waals surface area contributed by atoms with Crippen LogP contribution in [-0.2, 0) is 17.9 Å². The lowest BCUT2D eigenvalue weighted by atomic mass is 10.2. The second-order valence-corrected chi connectivity index (χ2v) is 8.36. The van der Waals surface area contributed by atoms with Crippen LogP contribution in [0.5, 0.6) is 0 Å². The van der Waals surface area contributed by atoms with Gasteiger partial charge in [0.2, 0.25) is 5.91 Å². The maximum atomic E-state index is 12.3. The van der Waals surface area contributed by atoms with E-state index in [4.69, 9.17) is 4.42 Å². The molecule has 3 aromatic rings. The van der Waals surface area contributed by atoms with Crippen LogP contribution in [0.15, 0.2) is 52.2 Å². The van der Waals surface area contributed by atoms with Gasteiger partial charge >= 0.3 is 0 Å². The molecule has 3 rings (SSSR count). The Labute approximate surface area is 175 Å². The van der Waals surface area contributed by atoms with E-state index in [1.807, 2.05) is 60.0 Å². The number of rotatable bonds is 9. The third-order valence-electron chi connectivity index (χ3n) is 4.28. The molecule has 1 aromatic carbocycles. The predicted molar refractivity (Wildman–Crippen MR) is 116 cm³/mol. The normalized spacial score (nSPS) is 11.1. The number of nitrogens with zero attached hydrogens (tertiary/aromatic N) is 4. The Kier molecular flexibility index (Phi) is 6.98. The molecule has 1 amide bonds. The first-order valence-corrected chi connectivity index (χ1v) is 10.6. The van der Waals surface area contributed by atoms with Crippen molar-refractivity contribution >= 4 is 23.4 Å². The summed E-state index contributed by atoms with van der Waals surface area (Å²) in [4.78, 5) is 14.4. The summed E-state index contributed by atoms with van der Waals surface area (Å²) in [5.41, 5.74) is 2.20. The number of amides is 1. The van der Waals surface area contributed by atoms with Crippen molar-refractivity contribution in [2.45, 2.75) is 32.1 Å². The number of aromatic nitrogens is 3. The number of hydrogen-bond donors (Lipinski definition) is 1. The molecule has 2 aromatic heterocycles. The van der Waals surface area contributed by atoms with Crippen molar-refractivity contribution < 1.29 is 9.21 Å². The molecule has 29 heavy (non-hydrogen) atoms. The van der Waals surface area contributed by atoms with Crippen molar-refractivity contribution in [3.63, 3.8) is 0 Å². The van der Waals surface area contributed by atoms with Crippen molar-refractivity contribution in [2.24, 2.45) is 5.92 Å². The van der Waals surface area contributed by atoms with Crippen LogP contribution in [0.25, 0.3) is 11.6 Å². The van der Waals surface area contributed by atoms with Gasteiger partial charge < -0.3 is 14.6 Å². The van der Waals surface area contributed by atoms with Gasteiger partial charge in [0.1, 0.15) is 0 Å². The number of nitrogens with one attached hydrogen (secondary N) is 1. The van der Waals surface area contributed by atoms with E-state index in [0.717, 1.165) is 23.0 Å². The topological polar surface area (TPSA) is 76.2 Å². The minimum atomic E-state index is -0.0367. The standard InChI is InChI=1S/C21H27N5O2S/c1-15(2)13-26-20(18-6-5-11-28-18)23-24-21(26)29-14-19(27)22-12-16-7-9-17(10-8-16)25(3)4/h5-11,15H,12-14H2,1-4H3,(H,22,27). The molecular formula is C21H27N5O2S. The lowest BCUT2D eigenvalue weighted by Gasteiger charge is -2.13. The summed E-state index contributed by atoms with van der Waals surface area (Å²) in [6.45, 7) is 5.53. The molecule has 0 radical (unpaired) electrons. The number of thioether (sulfide) groups is 1. The number of carbonyl (C=O) groups is 1. The van der Waals surface area contributed by atoms with Crippen LogP contribution in [0, 0.1) is 5.92 Å². The summed E-state index contributed by atoms with van der Waals surface area (Å²) in [6, 6.07) is 11.8. The fourth-order valence-electron chi connectivity index (χ4n) is 2.81. The molecule has 0 unspecified atom stereocenters. The molecule has 2 heterocycles. The Bertz CT molecular complexity index is 917. The van der Waals surface area contributed by atoms with Gasteiger partial charge in [-0.25, -0.2) is 0 Å². The largest absolute Gasteiger partial charge is 0.461 e. The van der Waals surface area contributed by atoms with Crippen molar-refractivity contribution in [3.05, 3.63) is 48.2 Å². The van der Waals surface area contributed by atoms with Crippen LogP contribution < -0.4 is 10.2 Å². The van der Waals surface area contributed by atoms with E-state index in [1.165, 1.54) is 11.8 Å². The van der Waals surface area contributed by atoms with Crippen LogP contribution in [0.3, 0.4) is 0 Å². The SMILES string of the molecule is CC(C)Cn1c(SCC(=O)NCc2ccc(N(C)C)cc2)nnc1-c1ccco1. The van der Waals surface area contributed by atoms with Gasteiger partial charge in [-0.1, -0.05) is 37.7 Å². The van der Waals surface area contributed by atoms with Crippen molar-refractivity contribution in [1.82, 2.24) is 20.1 Å². The Morgan fingerprint density at radius 1 is 1.21 bits per heavy atom. The Morgan fingerprint density at radius 2 is 1.97 bits per heavy atom. The van der Waals surface area contributed by atoms with Crippen LogP contribution in [-0.4, -0.2) is 40.5 Å². The van der Waals surface area contributed by atoms with Gasteiger partial charge in [-0.3, -0.25) is 9.36 Å². The second kappa shape index (κ2) is 9.65. The van der Waals surface area contributed by atoms with Gasteiger partial charge in [-0.05, 0) is 35.7 Å². The number of anilines is 1. The molecule has 0 saturated heterocycles. The minimum absolute atomic E-state index is 0.0367. The highest BCUT2D eigenvalue weighted by Gasteiger charge is 2.18. The average molecular weight is 414 g/mol. The van der Waals surface area contributed by atoms with Crippen LogP contribution >= 0.6 is 11.8 Å². The van der Waals surface area contributed by atoms with Crippen molar-refractivity contribution in [2.75, 3.05) is 24.7 Å². The summed E-state index contributed by atoms with van der Waals surface area (Å²) in [5, 5.41) is 12.2. The first-order valence-electron chi connectivity index (χ1n) is 9.57. The molecule has 0 saturated carbocycles. The molecule has 0 aliphatic rings. The zero-order valence-corrected chi connectivity index (χ0v) is 18.1. The van der Waals surface area contributed by atoms with Crippen LogP contribution in [0.4, 0.5) is 5.69 Å². The fourth-order valence-corrected chi connectivity index (χ4v) is 3.58. The van der Waals surface area contributed by atoms with E-state index in [0.29, 0.717) is 24.0 Å². The third kappa shape index (κ3) is 5.63. The zero-order chi connectivity index (χ0) is 20.8. The molecule has 0 fully saturated rings. The van der Waals surface area contributed by atoms with Gasteiger partial charge in [0.25, 0.3) is 0 Å². The molecule has 0 aliphatic carbocycles. The van der Waals surface area contributed by atoms with Gasteiger partial charge in [0.05, 0.1) is 12.0 Å². The molecular weight excluding hydrogens is 386 g/mol. The van der Waals surface area contributed by atoms with E-state index in [2.05, 4.69) is 29.4 Å². The van der Waals surface area contributed by atoms with E-state index in [9.17, 15) is 4.79 Å². The predicted octanol–water partition coefficient (Wildman–Crippen LogP) is 3.67. The van der Waals surface area contributed by atoms with E-state index < -0.39 is 0 Å². The molecule has 7 nitrogen and oxygen atoms in total. The van der Waals surface area contributed by atoms with E-state index >= 15 is 0 Å². The lowest BCUT2D eigenvalue weighted by molar-refractivity contribution is -0.118. The first-order chi connectivity index (χ1) is 13.9. The smallest absolute Gasteiger partial charge is 0.230 e. The Balaban J connectivity index is 1.58.